The normalized spacial score (nSPS) is 13.8. The third-order valence-corrected chi connectivity index (χ3v) is 9.05. The van der Waals surface area contributed by atoms with Crippen LogP contribution in [0.2, 0.25) is 0 Å². The van der Waals surface area contributed by atoms with E-state index in [1.807, 2.05) is 60.7 Å². The number of carbonyl (C=O) groups is 2. The molecule has 0 saturated carbocycles. The monoisotopic (exact) mass is 685 g/mol. The largest absolute Gasteiger partial charge is 0.494 e. The molecule has 260 valence electrons. The molecule has 2 amide bonds. The number of pyridine rings is 1. The zero-order valence-electron chi connectivity index (χ0n) is 28.3. The zero-order chi connectivity index (χ0) is 35.6. The first-order valence-corrected chi connectivity index (χ1v) is 16.3. The fourth-order valence-corrected chi connectivity index (χ4v) is 6.09. The number of hydrogen-bond acceptors (Lipinski definition) is 6. The van der Waals surface area contributed by atoms with Gasteiger partial charge in [0, 0.05) is 74.9 Å². The van der Waals surface area contributed by atoms with Gasteiger partial charge in [0.2, 0.25) is 5.88 Å². The van der Waals surface area contributed by atoms with Crippen LogP contribution in [0.3, 0.4) is 0 Å². The van der Waals surface area contributed by atoms with Gasteiger partial charge in [0.25, 0.3) is 11.8 Å². The molecule has 0 aliphatic carbocycles. The molecule has 0 radical (unpaired) electrons. The maximum absolute atomic E-state index is 13.7. The first-order chi connectivity index (χ1) is 23.9. The SMILES string of the molecule is CCOc1ccc(CN2CCN(C(=O)c3cc4c(C)c(Oc5ccc(N(C)C(=O)c6ccc(C(F)(F)F)cc6)cn5)ccc4n3C)CC2)cc1. The molecule has 3 heterocycles. The van der Waals surface area contributed by atoms with E-state index in [0.29, 0.717) is 42.7 Å². The molecule has 1 aliphatic heterocycles. The van der Waals surface area contributed by atoms with E-state index in [2.05, 4.69) is 22.0 Å². The molecule has 1 saturated heterocycles. The van der Waals surface area contributed by atoms with Gasteiger partial charge < -0.3 is 23.8 Å². The van der Waals surface area contributed by atoms with E-state index in [-0.39, 0.29) is 11.5 Å². The van der Waals surface area contributed by atoms with Crippen molar-refractivity contribution in [3.8, 4) is 17.4 Å². The molecule has 0 spiro atoms. The number of rotatable bonds is 9. The molecular formula is C38H38F3N5O4. The summed E-state index contributed by atoms with van der Waals surface area (Å²) in [7, 11) is 3.41. The van der Waals surface area contributed by atoms with Crippen molar-refractivity contribution in [1.29, 1.82) is 0 Å². The van der Waals surface area contributed by atoms with Gasteiger partial charge >= 0.3 is 6.18 Å². The fraction of sp³-hybridized carbons (Fsp3) is 0.289. The van der Waals surface area contributed by atoms with Crippen molar-refractivity contribution < 1.29 is 32.2 Å². The minimum atomic E-state index is -4.48. The summed E-state index contributed by atoms with van der Waals surface area (Å²) in [5, 5.41) is 0.890. The van der Waals surface area contributed by atoms with Gasteiger partial charge in [-0.2, -0.15) is 13.2 Å². The van der Waals surface area contributed by atoms with E-state index >= 15 is 0 Å². The molecule has 12 heteroatoms. The van der Waals surface area contributed by atoms with Crippen molar-refractivity contribution in [2.75, 3.05) is 44.7 Å². The van der Waals surface area contributed by atoms with E-state index in [1.54, 1.807) is 12.1 Å². The van der Waals surface area contributed by atoms with E-state index < -0.39 is 17.6 Å². The van der Waals surface area contributed by atoms with Crippen LogP contribution in [0.25, 0.3) is 10.9 Å². The molecule has 6 rings (SSSR count). The summed E-state index contributed by atoms with van der Waals surface area (Å²) in [6.07, 6.45) is -3.02. The highest BCUT2D eigenvalue weighted by atomic mass is 19.4. The number of aromatic nitrogens is 2. The molecular weight excluding hydrogens is 647 g/mol. The Labute approximate surface area is 288 Å². The molecule has 1 fully saturated rings. The summed E-state index contributed by atoms with van der Waals surface area (Å²) in [6, 6.07) is 21.1. The Hall–Kier alpha value is -5.36. The molecule has 0 bridgehead atoms. The third kappa shape index (κ3) is 7.30. The Bertz CT molecular complexity index is 1980. The average Bonchev–Trinajstić information content (AvgIpc) is 3.46. The molecule has 3 aromatic carbocycles. The van der Waals surface area contributed by atoms with Crippen molar-refractivity contribution in [2.45, 2.75) is 26.6 Å². The number of alkyl halides is 3. The van der Waals surface area contributed by atoms with Gasteiger partial charge in [-0.15, -0.1) is 0 Å². The Morgan fingerprint density at radius 3 is 2.24 bits per heavy atom. The van der Waals surface area contributed by atoms with Crippen molar-refractivity contribution in [2.24, 2.45) is 7.05 Å². The second-order valence-electron chi connectivity index (χ2n) is 12.3. The number of fused-ring (bicyclic) bond motifs is 1. The summed E-state index contributed by atoms with van der Waals surface area (Å²) < 4.78 is 52.3. The second-order valence-corrected chi connectivity index (χ2v) is 12.3. The molecule has 9 nitrogen and oxygen atoms in total. The third-order valence-electron chi connectivity index (χ3n) is 9.05. The van der Waals surface area contributed by atoms with Gasteiger partial charge in [0.15, 0.2) is 0 Å². The van der Waals surface area contributed by atoms with Crippen LogP contribution >= 0.6 is 0 Å². The zero-order valence-corrected chi connectivity index (χ0v) is 28.3. The standard InChI is InChI=1S/C38H38F3N5O4/c1-5-49-30-13-6-26(7-14-30)24-45-18-20-46(21-19-45)37(48)33-22-31-25(2)34(16-15-32(31)44(33)4)50-35-17-12-29(23-42-35)43(3)36(47)27-8-10-28(11-9-27)38(39,40)41/h6-17,22-23H,5,18-21,24H2,1-4H3. The number of nitrogens with zero attached hydrogens (tertiary/aromatic N) is 5. The van der Waals surface area contributed by atoms with Gasteiger partial charge in [0.05, 0.1) is 24.1 Å². The van der Waals surface area contributed by atoms with Gasteiger partial charge in [-0.05, 0) is 80.1 Å². The topological polar surface area (TPSA) is 80.1 Å². The molecule has 1 aliphatic rings. The number of benzene rings is 3. The summed E-state index contributed by atoms with van der Waals surface area (Å²) in [6.45, 7) is 8.19. The summed E-state index contributed by atoms with van der Waals surface area (Å²) in [5.74, 6) is 1.23. The highest BCUT2D eigenvalue weighted by molar-refractivity contribution is 6.05. The number of piperazine rings is 1. The number of aryl methyl sites for hydroxylation is 2. The van der Waals surface area contributed by atoms with E-state index in [9.17, 15) is 22.8 Å². The van der Waals surface area contributed by atoms with Crippen molar-refractivity contribution in [3.05, 3.63) is 113 Å². The second kappa shape index (κ2) is 14.2. The lowest BCUT2D eigenvalue weighted by molar-refractivity contribution is -0.137. The Kier molecular flexibility index (Phi) is 9.83. The quantitative estimate of drug-likeness (QED) is 0.162. The Morgan fingerprint density at radius 2 is 1.62 bits per heavy atom. The molecule has 2 aromatic heterocycles. The summed E-state index contributed by atoms with van der Waals surface area (Å²) in [4.78, 5) is 36.5. The van der Waals surface area contributed by atoms with E-state index in [4.69, 9.17) is 9.47 Å². The van der Waals surface area contributed by atoms with Crippen molar-refractivity contribution in [3.63, 3.8) is 0 Å². The van der Waals surface area contributed by atoms with Crippen LogP contribution < -0.4 is 14.4 Å². The number of halogens is 3. The van der Waals surface area contributed by atoms with Gasteiger partial charge in [-0.3, -0.25) is 14.5 Å². The Balaban J connectivity index is 1.09. The van der Waals surface area contributed by atoms with E-state index in [1.165, 1.54) is 23.7 Å². The maximum Gasteiger partial charge on any atom is 0.416 e. The first-order valence-electron chi connectivity index (χ1n) is 16.3. The molecule has 0 N–H and O–H groups in total. The van der Waals surface area contributed by atoms with Crippen LogP contribution in [-0.4, -0.2) is 71.0 Å². The number of carbonyl (C=O) groups excluding carboxylic acids is 2. The molecule has 5 aromatic rings. The fourth-order valence-electron chi connectivity index (χ4n) is 6.09. The van der Waals surface area contributed by atoms with Crippen molar-refractivity contribution >= 4 is 28.4 Å². The molecule has 0 atom stereocenters. The van der Waals surface area contributed by atoms with E-state index in [0.717, 1.165) is 66.1 Å². The molecule has 50 heavy (non-hydrogen) atoms. The lowest BCUT2D eigenvalue weighted by Gasteiger charge is -2.34. The van der Waals surface area contributed by atoms with Crippen LogP contribution in [0.5, 0.6) is 17.4 Å². The number of hydrogen-bond donors (Lipinski definition) is 0. The number of amides is 2. The van der Waals surface area contributed by atoms with Crippen LogP contribution in [0.4, 0.5) is 18.9 Å². The predicted molar refractivity (Wildman–Crippen MR) is 185 cm³/mol. The number of ether oxygens (including phenoxy) is 2. The lowest BCUT2D eigenvalue weighted by atomic mass is 10.1. The summed E-state index contributed by atoms with van der Waals surface area (Å²) in [5.41, 5.74) is 3.30. The van der Waals surface area contributed by atoms with Gasteiger partial charge in [0.1, 0.15) is 17.2 Å². The van der Waals surface area contributed by atoms with Crippen LogP contribution in [0.1, 0.15) is 44.5 Å². The van der Waals surface area contributed by atoms with Crippen LogP contribution in [-0.2, 0) is 19.8 Å². The highest BCUT2D eigenvalue weighted by Crippen LogP contribution is 2.33. The average molecular weight is 686 g/mol. The smallest absolute Gasteiger partial charge is 0.416 e. The van der Waals surface area contributed by atoms with Crippen molar-refractivity contribution in [1.82, 2.24) is 19.4 Å². The minimum absolute atomic E-state index is 0.0153. The van der Waals surface area contributed by atoms with Gasteiger partial charge in [-0.25, -0.2) is 4.98 Å². The van der Waals surface area contributed by atoms with Crippen LogP contribution in [0.15, 0.2) is 85.1 Å². The minimum Gasteiger partial charge on any atom is -0.494 e. The highest BCUT2D eigenvalue weighted by Gasteiger charge is 2.30. The Morgan fingerprint density at radius 1 is 0.920 bits per heavy atom. The van der Waals surface area contributed by atoms with Gasteiger partial charge in [-0.1, -0.05) is 12.1 Å². The summed E-state index contributed by atoms with van der Waals surface area (Å²) >= 11 is 0. The maximum atomic E-state index is 13.7. The lowest BCUT2D eigenvalue weighted by Crippen LogP contribution is -2.48. The first kappa shape index (κ1) is 34.5. The number of anilines is 1. The van der Waals surface area contributed by atoms with Crippen LogP contribution in [0, 0.1) is 6.92 Å². The molecule has 0 unspecified atom stereocenters. The predicted octanol–water partition coefficient (Wildman–Crippen LogP) is 7.33.